The molecule has 1 aliphatic carbocycles. The zero-order chi connectivity index (χ0) is 27.1. The van der Waals surface area contributed by atoms with Gasteiger partial charge in [0.15, 0.2) is 5.76 Å². The number of anilines is 1. The summed E-state index contributed by atoms with van der Waals surface area (Å²) in [6, 6.07) is 11.6. The van der Waals surface area contributed by atoms with Gasteiger partial charge in [-0.2, -0.15) is 0 Å². The fourth-order valence-corrected chi connectivity index (χ4v) is 6.40. The van der Waals surface area contributed by atoms with E-state index in [1.807, 2.05) is 36.1 Å². The molecule has 3 amide bonds. The van der Waals surface area contributed by atoms with Crippen LogP contribution in [0.25, 0.3) is 0 Å². The van der Waals surface area contributed by atoms with E-state index in [0.29, 0.717) is 5.76 Å². The van der Waals surface area contributed by atoms with Crippen molar-refractivity contribution in [1.29, 1.82) is 0 Å². The number of nitrogens with one attached hydrogen (secondary N) is 2. The molecular weight excluding hydrogens is 480 g/mol. The number of hydrogen-bond donors (Lipinski definition) is 2. The lowest BCUT2D eigenvalue weighted by Crippen LogP contribution is -2.52. The van der Waals surface area contributed by atoms with Crippen molar-refractivity contribution in [2.45, 2.75) is 64.3 Å². The summed E-state index contributed by atoms with van der Waals surface area (Å²) < 4.78 is 5.46. The number of hydrogen-bond acceptors (Lipinski definition) is 5. The maximum absolute atomic E-state index is 13.4. The molecule has 2 fully saturated rings. The number of nitrogens with zero attached hydrogens (tertiary/aromatic N) is 2. The van der Waals surface area contributed by atoms with Crippen LogP contribution in [0, 0.1) is 18.3 Å². The maximum atomic E-state index is 13.4. The first-order chi connectivity index (χ1) is 18.4. The Bertz CT molecular complexity index is 1050. The second-order valence-electron chi connectivity index (χ2n) is 10.9. The SMILES string of the molecule is CNC(=O)C(C(=O)NC)C1(CCN2CCC(N(C(=O)c3ccco3)c3ccc(C)cc3)CC2)CCCCC1. The monoisotopic (exact) mass is 522 g/mol. The third kappa shape index (κ3) is 6.12. The summed E-state index contributed by atoms with van der Waals surface area (Å²) in [5.41, 5.74) is 1.71. The van der Waals surface area contributed by atoms with Gasteiger partial charge in [-0.15, -0.1) is 0 Å². The maximum Gasteiger partial charge on any atom is 0.294 e. The van der Waals surface area contributed by atoms with Crippen molar-refractivity contribution in [1.82, 2.24) is 15.5 Å². The Balaban J connectivity index is 1.45. The molecule has 0 radical (unpaired) electrons. The molecule has 0 unspecified atom stereocenters. The minimum absolute atomic E-state index is 0.0692. The zero-order valence-corrected chi connectivity index (χ0v) is 23.0. The first-order valence-corrected chi connectivity index (χ1v) is 14.0. The summed E-state index contributed by atoms with van der Waals surface area (Å²) in [6.45, 7) is 4.60. The van der Waals surface area contributed by atoms with Gasteiger partial charge in [-0.3, -0.25) is 14.4 Å². The molecule has 1 aromatic carbocycles. The van der Waals surface area contributed by atoms with Crippen LogP contribution in [-0.4, -0.2) is 62.4 Å². The zero-order valence-electron chi connectivity index (χ0n) is 23.0. The Hall–Kier alpha value is -3.13. The van der Waals surface area contributed by atoms with E-state index in [1.54, 1.807) is 26.2 Å². The van der Waals surface area contributed by atoms with Crippen molar-refractivity contribution < 1.29 is 18.8 Å². The lowest BCUT2D eigenvalue weighted by molar-refractivity contribution is -0.142. The van der Waals surface area contributed by atoms with Gasteiger partial charge in [-0.25, -0.2) is 0 Å². The second-order valence-corrected chi connectivity index (χ2v) is 10.9. The Morgan fingerprint density at radius 2 is 1.63 bits per heavy atom. The van der Waals surface area contributed by atoms with Crippen LogP contribution in [0.15, 0.2) is 47.1 Å². The number of amides is 3. The molecule has 1 saturated carbocycles. The van der Waals surface area contributed by atoms with Crippen molar-refractivity contribution in [2.24, 2.45) is 11.3 Å². The number of benzene rings is 1. The summed E-state index contributed by atoms with van der Waals surface area (Å²) in [7, 11) is 3.23. The normalized spacial score (nSPS) is 18.2. The van der Waals surface area contributed by atoms with Gasteiger partial charge >= 0.3 is 0 Å². The van der Waals surface area contributed by atoms with Crippen LogP contribution in [0.1, 0.15) is 67.5 Å². The highest BCUT2D eigenvalue weighted by molar-refractivity contribution is 6.04. The van der Waals surface area contributed by atoms with Crippen LogP contribution >= 0.6 is 0 Å². The molecule has 4 rings (SSSR count). The van der Waals surface area contributed by atoms with Crippen LogP contribution < -0.4 is 15.5 Å². The average Bonchev–Trinajstić information content (AvgIpc) is 3.49. The lowest BCUT2D eigenvalue weighted by atomic mass is 9.63. The molecule has 8 nitrogen and oxygen atoms in total. The van der Waals surface area contributed by atoms with Gasteiger partial charge in [0.25, 0.3) is 5.91 Å². The smallest absolute Gasteiger partial charge is 0.294 e. The van der Waals surface area contributed by atoms with Crippen molar-refractivity contribution in [3.8, 4) is 0 Å². The fraction of sp³-hybridized carbons (Fsp3) is 0.567. The van der Waals surface area contributed by atoms with Crippen molar-refractivity contribution in [3.05, 3.63) is 54.0 Å². The Kier molecular flexibility index (Phi) is 9.26. The molecule has 1 aromatic heterocycles. The van der Waals surface area contributed by atoms with Crippen molar-refractivity contribution >= 4 is 23.4 Å². The van der Waals surface area contributed by atoms with Gasteiger partial charge in [0.1, 0.15) is 5.92 Å². The van der Waals surface area contributed by atoms with Gasteiger partial charge in [0.2, 0.25) is 11.8 Å². The second kappa shape index (κ2) is 12.6. The van der Waals surface area contributed by atoms with E-state index in [2.05, 4.69) is 15.5 Å². The summed E-state index contributed by atoms with van der Waals surface area (Å²) in [6.07, 6.45) is 9.09. The summed E-state index contributed by atoms with van der Waals surface area (Å²) in [5, 5.41) is 5.48. The summed E-state index contributed by atoms with van der Waals surface area (Å²) in [4.78, 5) is 43.5. The standard InChI is InChI=1S/C30H42N4O4/c1-22-9-11-23(12-10-22)34(29(37)25-8-7-21-38-25)24-13-18-33(19-14-24)20-17-30(15-5-4-6-16-30)26(27(35)31-2)28(36)32-3/h7-12,21,24,26H,4-6,13-20H2,1-3H3,(H,31,35)(H,32,36). The minimum atomic E-state index is -0.668. The first kappa shape index (κ1) is 27.9. The van der Waals surface area contributed by atoms with E-state index in [9.17, 15) is 14.4 Å². The summed E-state index contributed by atoms with van der Waals surface area (Å²) in [5.74, 6) is -0.803. The van der Waals surface area contributed by atoms with Gasteiger partial charge in [-0.1, -0.05) is 37.0 Å². The van der Waals surface area contributed by atoms with Crippen molar-refractivity contribution in [3.63, 3.8) is 0 Å². The summed E-state index contributed by atoms with van der Waals surface area (Å²) >= 11 is 0. The number of carbonyl (C=O) groups is 3. The highest BCUT2D eigenvalue weighted by atomic mass is 16.3. The average molecular weight is 523 g/mol. The number of rotatable bonds is 9. The largest absolute Gasteiger partial charge is 0.459 e. The first-order valence-electron chi connectivity index (χ1n) is 14.0. The van der Waals surface area contributed by atoms with Gasteiger partial charge in [0, 0.05) is 38.9 Å². The van der Waals surface area contributed by atoms with Crippen LogP contribution in [0.3, 0.4) is 0 Å². The number of piperidine rings is 1. The third-order valence-corrected chi connectivity index (χ3v) is 8.59. The Morgan fingerprint density at radius 3 is 2.18 bits per heavy atom. The predicted octanol–water partition coefficient (Wildman–Crippen LogP) is 4.15. The molecule has 8 heteroatoms. The number of likely N-dealkylation sites (tertiary alicyclic amines) is 1. The molecule has 0 bridgehead atoms. The number of aryl methyl sites for hydroxylation is 1. The predicted molar refractivity (Wildman–Crippen MR) is 148 cm³/mol. The topological polar surface area (TPSA) is 94.9 Å². The van der Waals surface area contributed by atoms with Crippen LogP contribution in [0.2, 0.25) is 0 Å². The molecule has 2 aliphatic rings. The Morgan fingerprint density at radius 1 is 1.00 bits per heavy atom. The highest BCUT2D eigenvalue weighted by Gasteiger charge is 2.47. The van der Waals surface area contributed by atoms with Crippen LogP contribution in [0.4, 0.5) is 5.69 Å². The molecular formula is C30H42N4O4. The number of carbonyl (C=O) groups excluding carboxylic acids is 3. The molecule has 2 N–H and O–H groups in total. The molecule has 38 heavy (non-hydrogen) atoms. The fourth-order valence-electron chi connectivity index (χ4n) is 6.40. The molecule has 206 valence electrons. The van der Waals surface area contributed by atoms with Crippen LogP contribution in [0.5, 0.6) is 0 Å². The van der Waals surface area contributed by atoms with Gasteiger partial charge in [-0.05, 0) is 75.3 Å². The minimum Gasteiger partial charge on any atom is -0.459 e. The van der Waals surface area contributed by atoms with Gasteiger partial charge < -0.3 is 24.9 Å². The van der Waals surface area contributed by atoms with Crippen LogP contribution in [-0.2, 0) is 9.59 Å². The van der Waals surface area contributed by atoms with Gasteiger partial charge in [0.05, 0.1) is 6.26 Å². The highest BCUT2D eigenvalue weighted by Crippen LogP contribution is 2.46. The quantitative estimate of drug-likeness (QED) is 0.483. The molecule has 1 aliphatic heterocycles. The lowest BCUT2D eigenvalue weighted by Gasteiger charge is -2.44. The molecule has 2 heterocycles. The van der Waals surface area contributed by atoms with E-state index in [0.717, 1.165) is 82.3 Å². The molecule has 0 spiro atoms. The molecule has 1 saturated heterocycles. The van der Waals surface area contributed by atoms with E-state index < -0.39 is 5.92 Å². The van der Waals surface area contributed by atoms with Crippen molar-refractivity contribution in [2.75, 3.05) is 38.6 Å². The van der Waals surface area contributed by atoms with E-state index in [-0.39, 0.29) is 29.2 Å². The molecule has 0 atom stereocenters. The molecule has 2 aromatic rings. The number of furan rings is 1. The van der Waals surface area contributed by atoms with E-state index in [4.69, 9.17) is 4.42 Å². The third-order valence-electron chi connectivity index (χ3n) is 8.59. The van der Waals surface area contributed by atoms with E-state index >= 15 is 0 Å². The Labute approximate surface area is 226 Å². The van der Waals surface area contributed by atoms with E-state index in [1.165, 1.54) is 6.26 Å².